The SMILES string of the molecule is Cc1cnc(C(=O)N(Cc2ccccc2)c2ccccc2)cn1. The molecule has 0 spiro atoms. The summed E-state index contributed by atoms with van der Waals surface area (Å²) in [4.78, 5) is 23.0. The first-order valence-corrected chi connectivity index (χ1v) is 7.43. The van der Waals surface area contributed by atoms with Gasteiger partial charge in [0.15, 0.2) is 0 Å². The van der Waals surface area contributed by atoms with Crippen molar-refractivity contribution < 1.29 is 4.79 Å². The van der Waals surface area contributed by atoms with Gasteiger partial charge in [-0.2, -0.15) is 0 Å². The van der Waals surface area contributed by atoms with Gasteiger partial charge in [-0.05, 0) is 24.6 Å². The Labute approximate surface area is 135 Å². The summed E-state index contributed by atoms with van der Waals surface area (Å²) in [6.07, 6.45) is 3.14. The highest BCUT2D eigenvalue weighted by atomic mass is 16.2. The number of nitrogens with zero attached hydrogens (tertiary/aromatic N) is 3. The van der Waals surface area contributed by atoms with Crippen molar-refractivity contribution in [3.63, 3.8) is 0 Å². The van der Waals surface area contributed by atoms with Gasteiger partial charge in [0.1, 0.15) is 5.69 Å². The number of aromatic nitrogens is 2. The molecule has 0 aliphatic rings. The van der Waals surface area contributed by atoms with E-state index in [0.29, 0.717) is 12.2 Å². The van der Waals surface area contributed by atoms with Crippen molar-refractivity contribution in [1.82, 2.24) is 9.97 Å². The maximum absolute atomic E-state index is 12.9. The molecule has 0 aliphatic carbocycles. The Morgan fingerprint density at radius 2 is 1.57 bits per heavy atom. The fraction of sp³-hybridized carbons (Fsp3) is 0.105. The number of benzene rings is 2. The number of rotatable bonds is 4. The predicted molar refractivity (Wildman–Crippen MR) is 90.2 cm³/mol. The van der Waals surface area contributed by atoms with Crippen LogP contribution in [0.4, 0.5) is 5.69 Å². The van der Waals surface area contributed by atoms with E-state index in [2.05, 4.69) is 9.97 Å². The predicted octanol–water partition coefficient (Wildman–Crippen LogP) is 3.63. The molecule has 0 fully saturated rings. The summed E-state index contributed by atoms with van der Waals surface area (Å²) in [5.41, 5.74) is 3.03. The van der Waals surface area contributed by atoms with Gasteiger partial charge < -0.3 is 4.90 Å². The molecule has 4 heteroatoms. The summed E-state index contributed by atoms with van der Waals surface area (Å²) in [5, 5.41) is 0. The highest BCUT2D eigenvalue weighted by Gasteiger charge is 2.19. The van der Waals surface area contributed by atoms with Crippen molar-refractivity contribution in [3.05, 3.63) is 90.0 Å². The minimum absolute atomic E-state index is 0.160. The van der Waals surface area contributed by atoms with E-state index in [1.807, 2.05) is 67.6 Å². The summed E-state index contributed by atoms with van der Waals surface area (Å²) in [6, 6.07) is 19.5. The number of carbonyl (C=O) groups is 1. The molecule has 1 amide bonds. The van der Waals surface area contributed by atoms with E-state index in [1.165, 1.54) is 6.20 Å². The van der Waals surface area contributed by atoms with Gasteiger partial charge in [0, 0.05) is 11.9 Å². The lowest BCUT2D eigenvalue weighted by atomic mass is 10.2. The molecular formula is C19H17N3O. The fourth-order valence-corrected chi connectivity index (χ4v) is 2.30. The topological polar surface area (TPSA) is 46.1 Å². The molecule has 0 unspecified atom stereocenters. The van der Waals surface area contributed by atoms with Gasteiger partial charge in [-0.1, -0.05) is 48.5 Å². The van der Waals surface area contributed by atoms with Crippen LogP contribution in [0.15, 0.2) is 73.1 Å². The Bertz CT molecular complexity index is 771. The van der Waals surface area contributed by atoms with Gasteiger partial charge in [-0.3, -0.25) is 9.78 Å². The second-order valence-electron chi connectivity index (χ2n) is 5.26. The van der Waals surface area contributed by atoms with Crippen molar-refractivity contribution in [2.75, 3.05) is 4.90 Å². The lowest BCUT2D eigenvalue weighted by Crippen LogP contribution is -2.31. The highest BCUT2D eigenvalue weighted by molar-refractivity contribution is 6.04. The minimum Gasteiger partial charge on any atom is -0.303 e. The first-order valence-electron chi connectivity index (χ1n) is 7.43. The molecule has 0 atom stereocenters. The van der Waals surface area contributed by atoms with Crippen LogP contribution in [-0.4, -0.2) is 15.9 Å². The molecule has 3 aromatic rings. The molecule has 0 N–H and O–H groups in total. The monoisotopic (exact) mass is 303 g/mol. The van der Waals surface area contributed by atoms with Gasteiger partial charge in [-0.25, -0.2) is 4.98 Å². The van der Waals surface area contributed by atoms with Crippen LogP contribution >= 0.6 is 0 Å². The van der Waals surface area contributed by atoms with Gasteiger partial charge in [0.25, 0.3) is 5.91 Å². The van der Waals surface area contributed by atoms with Crippen LogP contribution < -0.4 is 4.90 Å². The molecular weight excluding hydrogens is 286 g/mol. The van der Waals surface area contributed by atoms with Crippen molar-refractivity contribution in [2.24, 2.45) is 0 Å². The lowest BCUT2D eigenvalue weighted by Gasteiger charge is -2.22. The zero-order valence-electron chi connectivity index (χ0n) is 12.9. The van der Waals surface area contributed by atoms with Crippen molar-refractivity contribution >= 4 is 11.6 Å². The van der Waals surface area contributed by atoms with E-state index in [1.54, 1.807) is 11.1 Å². The Hall–Kier alpha value is -3.01. The first kappa shape index (κ1) is 14.9. The van der Waals surface area contributed by atoms with Gasteiger partial charge in [0.05, 0.1) is 18.4 Å². The summed E-state index contributed by atoms with van der Waals surface area (Å²) >= 11 is 0. The molecule has 0 saturated carbocycles. The van der Waals surface area contributed by atoms with Crippen LogP contribution in [0.5, 0.6) is 0 Å². The molecule has 1 aromatic heterocycles. The summed E-state index contributed by atoms with van der Waals surface area (Å²) in [5.74, 6) is -0.160. The second kappa shape index (κ2) is 6.83. The molecule has 3 rings (SSSR count). The normalized spacial score (nSPS) is 10.3. The molecule has 1 heterocycles. The van der Waals surface area contributed by atoms with Gasteiger partial charge in [-0.15, -0.1) is 0 Å². The maximum Gasteiger partial charge on any atom is 0.278 e. The summed E-state index contributed by atoms with van der Waals surface area (Å²) in [7, 11) is 0. The first-order chi connectivity index (χ1) is 11.2. The molecule has 0 saturated heterocycles. The quantitative estimate of drug-likeness (QED) is 0.739. The molecule has 0 bridgehead atoms. The number of carbonyl (C=O) groups excluding carboxylic acids is 1. The lowest BCUT2D eigenvalue weighted by molar-refractivity contribution is 0.0980. The zero-order valence-corrected chi connectivity index (χ0v) is 12.9. The largest absolute Gasteiger partial charge is 0.303 e. The minimum atomic E-state index is -0.160. The van der Waals surface area contributed by atoms with Crippen LogP contribution in [0.25, 0.3) is 0 Å². The van der Waals surface area contributed by atoms with Crippen molar-refractivity contribution in [1.29, 1.82) is 0 Å². The summed E-state index contributed by atoms with van der Waals surface area (Å²) in [6.45, 7) is 2.33. The number of hydrogen-bond acceptors (Lipinski definition) is 3. The Kier molecular flexibility index (Phi) is 4.43. The van der Waals surface area contributed by atoms with Crippen LogP contribution in [0.2, 0.25) is 0 Å². The van der Waals surface area contributed by atoms with Gasteiger partial charge >= 0.3 is 0 Å². The van der Waals surface area contributed by atoms with Crippen LogP contribution in [0, 0.1) is 6.92 Å². The standard InChI is InChI=1S/C19H17N3O/c1-15-12-21-18(13-20-15)19(23)22(17-10-6-3-7-11-17)14-16-8-4-2-5-9-16/h2-13H,14H2,1H3. The molecule has 114 valence electrons. The Morgan fingerprint density at radius 1 is 0.913 bits per heavy atom. The molecule has 0 radical (unpaired) electrons. The maximum atomic E-state index is 12.9. The van der Waals surface area contributed by atoms with Crippen LogP contribution in [0.3, 0.4) is 0 Å². The number of aryl methyl sites for hydroxylation is 1. The second-order valence-corrected chi connectivity index (χ2v) is 5.26. The molecule has 23 heavy (non-hydrogen) atoms. The highest BCUT2D eigenvalue weighted by Crippen LogP contribution is 2.19. The van der Waals surface area contributed by atoms with Gasteiger partial charge in [0.2, 0.25) is 0 Å². The number of hydrogen-bond donors (Lipinski definition) is 0. The number of amides is 1. The average molecular weight is 303 g/mol. The number of anilines is 1. The third-order valence-corrected chi connectivity index (χ3v) is 3.50. The molecule has 2 aromatic carbocycles. The smallest absolute Gasteiger partial charge is 0.278 e. The van der Waals surface area contributed by atoms with E-state index >= 15 is 0 Å². The van der Waals surface area contributed by atoms with Crippen LogP contribution in [-0.2, 0) is 6.54 Å². The average Bonchev–Trinajstić information content (AvgIpc) is 2.61. The van der Waals surface area contributed by atoms with Crippen molar-refractivity contribution in [3.8, 4) is 0 Å². The molecule has 4 nitrogen and oxygen atoms in total. The molecule has 0 aliphatic heterocycles. The van der Waals surface area contributed by atoms with E-state index in [-0.39, 0.29) is 5.91 Å². The third-order valence-electron chi connectivity index (χ3n) is 3.50. The van der Waals surface area contributed by atoms with E-state index in [9.17, 15) is 4.79 Å². The zero-order chi connectivity index (χ0) is 16.1. The van der Waals surface area contributed by atoms with Crippen molar-refractivity contribution in [2.45, 2.75) is 13.5 Å². The Morgan fingerprint density at radius 3 is 2.17 bits per heavy atom. The third kappa shape index (κ3) is 3.61. The van der Waals surface area contributed by atoms with Crippen LogP contribution in [0.1, 0.15) is 21.7 Å². The van der Waals surface area contributed by atoms with E-state index < -0.39 is 0 Å². The fourth-order valence-electron chi connectivity index (χ4n) is 2.30. The Balaban J connectivity index is 1.94. The van der Waals surface area contributed by atoms with E-state index in [0.717, 1.165) is 16.9 Å². The summed E-state index contributed by atoms with van der Waals surface area (Å²) < 4.78 is 0. The number of para-hydroxylation sites is 1. The van der Waals surface area contributed by atoms with E-state index in [4.69, 9.17) is 0 Å².